The van der Waals surface area contributed by atoms with Gasteiger partial charge in [-0.2, -0.15) is 5.10 Å². The molecule has 0 spiro atoms. The van der Waals surface area contributed by atoms with E-state index >= 15 is 0 Å². The lowest BCUT2D eigenvalue weighted by atomic mass is 10.0. The van der Waals surface area contributed by atoms with Crippen LogP contribution in [0.1, 0.15) is 41.2 Å². The smallest absolute Gasteiger partial charge is 0.272 e. The Bertz CT molecular complexity index is 1160. The van der Waals surface area contributed by atoms with Crippen molar-refractivity contribution in [3.63, 3.8) is 0 Å². The molecule has 2 heterocycles. The van der Waals surface area contributed by atoms with Crippen molar-refractivity contribution in [1.82, 2.24) is 15.1 Å². The molecule has 0 saturated carbocycles. The van der Waals surface area contributed by atoms with Crippen LogP contribution in [0.2, 0.25) is 0 Å². The molecule has 4 aromatic rings. The summed E-state index contributed by atoms with van der Waals surface area (Å²) < 4.78 is 7.33. The molecule has 2 aromatic heterocycles. The normalized spacial score (nSPS) is 12.0. The summed E-state index contributed by atoms with van der Waals surface area (Å²) in [6.45, 7) is 2.42. The van der Waals surface area contributed by atoms with E-state index in [0.29, 0.717) is 12.3 Å². The fourth-order valence-corrected chi connectivity index (χ4v) is 3.26. The molecule has 1 amide bonds. The number of aryl methyl sites for hydroxylation is 1. The van der Waals surface area contributed by atoms with Crippen LogP contribution < -0.4 is 10.9 Å². The van der Waals surface area contributed by atoms with Crippen LogP contribution in [0.15, 0.2) is 82.0 Å². The van der Waals surface area contributed by atoms with E-state index in [1.54, 1.807) is 0 Å². The number of amides is 1. The molecule has 0 aliphatic rings. The summed E-state index contributed by atoms with van der Waals surface area (Å²) in [4.78, 5) is 24.9. The molecule has 0 aliphatic carbocycles. The zero-order chi connectivity index (χ0) is 20.2. The third-order valence-corrected chi connectivity index (χ3v) is 4.67. The van der Waals surface area contributed by atoms with Crippen molar-refractivity contribution in [3.05, 3.63) is 100 Å². The number of furan rings is 1. The van der Waals surface area contributed by atoms with Gasteiger partial charge >= 0.3 is 0 Å². The lowest BCUT2D eigenvalue weighted by molar-refractivity contribution is 0.0931. The fraction of sp³-hybridized carbons (Fsp3) is 0.174. The van der Waals surface area contributed by atoms with Gasteiger partial charge in [-0.3, -0.25) is 9.59 Å². The molecule has 29 heavy (non-hydrogen) atoms. The third-order valence-electron chi connectivity index (χ3n) is 4.67. The largest absolute Gasteiger partial charge is 0.459 e. The van der Waals surface area contributed by atoms with E-state index in [4.69, 9.17) is 4.42 Å². The number of hydrogen-bond acceptors (Lipinski definition) is 4. The van der Waals surface area contributed by atoms with Crippen LogP contribution in [-0.2, 0) is 6.54 Å². The average Bonchev–Trinajstić information content (AvgIpc) is 3.18. The monoisotopic (exact) mass is 387 g/mol. The maximum atomic E-state index is 13.0. The van der Waals surface area contributed by atoms with Gasteiger partial charge in [0.05, 0.1) is 0 Å². The predicted octanol–water partition coefficient (Wildman–Crippen LogP) is 3.92. The minimum absolute atomic E-state index is 0.190. The van der Waals surface area contributed by atoms with Crippen molar-refractivity contribution in [3.8, 4) is 0 Å². The van der Waals surface area contributed by atoms with Crippen molar-refractivity contribution in [2.45, 2.75) is 25.9 Å². The van der Waals surface area contributed by atoms with Gasteiger partial charge in [0, 0.05) is 18.0 Å². The van der Waals surface area contributed by atoms with Gasteiger partial charge in [0.25, 0.3) is 11.5 Å². The highest BCUT2D eigenvalue weighted by atomic mass is 16.3. The van der Waals surface area contributed by atoms with E-state index < -0.39 is 6.04 Å². The van der Waals surface area contributed by atoms with E-state index in [2.05, 4.69) is 10.4 Å². The van der Waals surface area contributed by atoms with Gasteiger partial charge in [-0.1, -0.05) is 55.5 Å². The number of aromatic nitrogens is 2. The Hall–Kier alpha value is -3.67. The van der Waals surface area contributed by atoms with Crippen molar-refractivity contribution < 1.29 is 9.21 Å². The van der Waals surface area contributed by atoms with Crippen LogP contribution in [0.4, 0.5) is 0 Å². The van der Waals surface area contributed by atoms with Crippen molar-refractivity contribution in [2.75, 3.05) is 0 Å². The van der Waals surface area contributed by atoms with E-state index in [0.717, 1.165) is 23.0 Å². The second kappa shape index (κ2) is 8.14. The summed E-state index contributed by atoms with van der Waals surface area (Å²) >= 11 is 0. The molecular weight excluding hydrogens is 366 g/mol. The zero-order valence-corrected chi connectivity index (χ0v) is 16.0. The number of hydrogen-bond donors (Lipinski definition) is 1. The number of para-hydroxylation sites is 1. The van der Waals surface area contributed by atoms with E-state index in [1.165, 1.54) is 16.8 Å². The number of rotatable bonds is 6. The highest BCUT2D eigenvalue weighted by Crippen LogP contribution is 2.28. The molecule has 146 valence electrons. The first-order chi connectivity index (χ1) is 14.2. The summed E-state index contributed by atoms with van der Waals surface area (Å²) in [5.74, 6) is 0.261. The van der Waals surface area contributed by atoms with Crippen LogP contribution in [0.3, 0.4) is 0 Å². The van der Waals surface area contributed by atoms with E-state index in [1.807, 2.05) is 67.6 Å². The number of carbonyl (C=O) groups excluding carboxylic acids is 1. The standard InChI is InChI=1S/C23H21N3O3/c1-2-14-26-21(27)13-12-18(25-26)23(28)24-22(16-8-4-3-5-9-16)20-15-17-10-6-7-11-19(17)29-20/h3-13,15,22H,2,14H2,1H3,(H,24,28). The SMILES string of the molecule is CCCn1nc(C(=O)NC(c2ccccc2)c2cc3ccccc3o2)ccc1=O. The number of carbonyl (C=O) groups is 1. The molecule has 0 aliphatic heterocycles. The van der Waals surface area contributed by atoms with Gasteiger partial charge in [0.2, 0.25) is 0 Å². The summed E-state index contributed by atoms with van der Waals surface area (Å²) in [6, 6.07) is 21.6. The quantitative estimate of drug-likeness (QED) is 0.544. The molecule has 1 N–H and O–H groups in total. The molecule has 0 radical (unpaired) electrons. The predicted molar refractivity (Wildman–Crippen MR) is 111 cm³/mol. The van der Waals surface area contributed by atoms with Gasteiger partial charge in [-0.25, -0.2) is 4.68 Å². The van der Waals surface area contributed by atoms with Crippen LogP contribution >= 0.6 is 0 Å². The van der Waals surface area contributed by atoms with Gasteiger partial charge in [-0.15, -0.1) is 0 Å². The minimum atomic E-state index is -0.482. The maximum absolute atomic E-state index is 13.0. The summed E-state index contributed by atoms with van der Waals surface area (Å²) in [7, 11) is 0. The summed E-state index contributed by atoms with van der Waals surface area (Å²) in [5.41, 5.74) is 1.62. The first-order valence-electron chi connectivity index (χ1n) is 9.58. The Labute approximate surface area is 167 Å². The van der Waals surface area contributed by atoms with Crippen LogP contribution in [0, 0.1) is 0 Å². The highest BCUT2D eigenvalue weighted by Gasteiger charge is 2.22. The molecule has 0 fully saturated rings. The molecular formula is C23H21N3O3. The Morgan fingerprint density at radius 1 is 1.07 bits per heavy atom. The number of nitrogens with zero attached hydrogens (tertiary/aromatic N) is 2. The minimum Gasteiger partial charge on any atom is -0.459 e. The average molecular weight is 387 g/mol. The maximum Gasteiger partial charge on any atom is 0.272 e. The molecule has 4 rings (SSSR count). The Morgan fingerprint density at radius 2 is 1.83 bits per heavy atom. The molecule has 2 aromatic carbocycles. The second-order valence-corrected chi connectivity index (χ2v) is 6.78. The van der Waals surface area contributed by atoms with Gasteiger partial charge in [0.1, 0.15) is 23.1 Å². The summed E-state index contributed by atoms with van der Waals surface area (Å²) in [5, 5.41) is 8.18. The Kier molecular flexibility index (Phi) is 5.24. The van der Waals surface area contributed by atoms with E-state index in [-0.39, 0.29) is 17.2 Å². The third kappa shape index (κ3) is 3.96. The van der Waals surface area contributed by atoms with Gasteiger partial charge in [0.15, 0.2) is 0 Å². The second-order valence-electron chi connectivity index (χ2n) is 6.78. The number of fused-ring (bicyclic) bond motifs is 1. The first-order valence-corrected chi connectivity index (χ1v) is 9.58. The molecule has 1 atom stereocenters. The topological polar surface area (TPSA) is 77.1 Å². The van der Waals surface area contributed by atoms with Crippen molar-refractivity contribution in [1.29, 1.82) is 0 Å². The van der Waals surface area contributed by atoms with Crippen molar-refractivity contribution in [2.24, 2.45) is 0 Å². The first kappa shape index (κ1) is 18.7. The zero-order valence-electron chi connectivity index (χ0n) is 16.0. The van der Waals surface area contributed by atoms with Crippen LogP contribution in [-0.4, -0.2) is 15.7 Å². The molecule has 6 nitrogen and oxygen atoms in total. The van der Waals surface area contributed by atoms with Crippen LogP contribution in [0.25, 0.3) is 11.0 Å². The van der Waals surface area contributed by atoms with Crippen LogP contribution in [0.5, 0.6) is 0 Å². The van der Waals surface area contributed by atoms with Gasteiger partial charge < -0.3 is 9.73 Å². The van der Waals surface area contributed by atoms with Gasteiger partial charge in [-0.05, 0) is 30.2 Å². The summed E-state index contributed by atoms with van der Waals surface area (Å²) in [6.07, 6.45) is 0.754. The van der Waals surface area contributed by atoms with Crippen molar-refractivity contribution >= 4 is 16.9 Å². The highest BCUT2D eigenvalue weighted by molar-refractivity contribution is 5.92. The Morgan fingerprint density at radius 3 is 2.59 bits per heavy atom. The Balaban J connectivity index is 1.70. The lowest BCUT2D eigenvalue weighted by Gasteiger charge is -2.17. The van der Waals surface area contributed by atoms with E-state index in [9.17, 15) is 9.59 Å². The molecule has 0 saturated heterocycles. The lowest BCUT2D eigenvalue weighted by Crippen LogP contribution is -2.32. The number of nitrogens with one attached hydrogen (secondary N) is 1. The number of benzene rings is 2. The molecule has 6 heteroatoms. The molecule has 0 bridgehead atoms. The fourth-order valence-electron chi connectivity index (χ4n) is 3.26. The molecule has 1 unspecified atom stereocenters.